The van der Waals surface area contributed by atoms with Crippen molar-refractivity contribution in [2.75, 3.05) is 18.8 Å². The van der Waals surface area contributed by atoms with E-state index in [0.29, 0.717) is 9.21 Å². The first-order chi connectivity index (χ1) is 15.8. The molecular formula is C20H19ClN4O5S3. The predicted molar refractivity (Wildman–Crippen MR) is 125 cm³/mol. The molecule has 1 aliphatic heterocycles. The molecule has 13 heteroatoms. The molecule has 0 bridgehead atoms. The molecule has 33 heavy (non-hydrogen) atoms. The molecule has 0 radical (unpaired) electrons. The summed E-state index contributed by atoms with van der Waals surface area (Å²) in [4.78, 5) is 36.6. The van der Waals surface area contributed by atoms with Gasteiger partial charge < -0.3 is 4.90 Å². The number of carbonyl (C=O) groups excluding carboxylic acids is 2. The molecule has 1 saturated heterocycles. The van der Waals surface area contributed by atoms with E-state index in [9.17, 15) is 18.0 Å². The van der Waals surface area contributed by atoms with Gasteiger partial charge in [0.25, 0.3) is 5.91 Å². The van der Waals surface area contributed by atoms with Gasteiger partial charge in [0.05, 0.1) is 22.7 Å². The molecule has 1 fully saturated rings. The Kier molecular flexibility index (Phi) is 6.82. The lowest BCUT2D eigenvalue weighted by Crippen LogP contribution is -2.41. The Balaban J connectivity index is 1.72. The van der Waals surface area contributed by atoms with E-state index >= 15 is 0 Å². The quantitative estimate of drug-likeness (QED) is 0.386. The molecule has 9 nitrogen and oxygen atoms in total. The van der Waals surface area contributed by atoms with E-state index in [0.717, 1.165) is 9.75 Å². The topological polar surface area (TPSA) is 130 Å². The molecule has 1 atom stereocenters. The molecule has 4 rings (SSSR count). The highest BCUT2D eigenvalue weighted by atomic mass is 35.5. The molecule has 1 aliphatic rings. The van der Waals surface area contributed by atoms with E-state index < -0.39 is 32.8 Å². The van der Waals surface area contributed by atoms with Gasteiger partial charge in [0.15, 0.2) is 9.84 Å². The Labute approximate surface area is 202 Å². The van der Waals surface area contributed by atoms with Crippen LogP contribution in [0.2, 0.25) is 4.34 Å². The fourth-order valence-corrected chi connectivity index (χ4v) is 8.54. The molecule has 2 amide bonds. The summed E-state index contributed by atoms with van der Waals surface area (Å²) in [7, 11) is -3.91. The van der Waals surface area contributed by atoms with Crippen LogP contribution in [0.15, 0.2) is 42.9 Å². The van der Waals surface area contributed by atoms with Crippen LogP contribution >= 0.6 is 34.3 Å². The van der Waals surface area contributed by atoms with Crippen LogP contribution in [0.5, 0.6) is 0 Å². The summed E-state index contributed by atoms with van der Waals surface area (Å²) in [5, 5.41) is 9.16. The summed E-state index contributed by atoms with van der Waals surface area (Å²) in [6.07, 6.45) is 3.68. The number of amides is 2. The number of nitrogens with zero attached hydrogens (tertiary/aromatic N) is 3. The Morgan fingerprint density at radius 2 is 1.91 bits per heavy atom. The van der Waals surface area contributed by atoms with Gasteiger partial charge in [-0.25, -0.2) is 18.9 Å². The standard InChI is InChI=1S/C20H19ClN4O5S3/c21-17-4-2-15(32-17)14-1-3-16(31-14)20(11-18(26)24-28)5-8-25(9-10-33(20,29)30)19(27)13-12-22-6-7-23-13/h1-4,6-7,12,28H,5,8-11H2,(H,24,26). The SMILES string of the molecule is O=C(CC1(c2ccc(-c3ccc(Cl)s3)s2)CCN(C(=O)c2cnccn2)CCS1(=O)=O)NO. The molecule has 0 saturated carbocycles. The van der Waals surface area contributed by atoms with Crippen molar-refractivity contribution in [1.29, 1.82) is 0 Å². The molecule has 4 heterocycles. The number of hydroxylamine groups is 1. The van der Waals surface area contributed by atoms with Gasteiger partial charge in [0.2, 0.25) is 5.91 Å². The number of hydrogen-bond donors (Lipinski definition) is 2. The molecule has 3 aromatic rings. The Morgan fingerprint density at radius 3 is 2.58 bits per heavy atom. The summed E-state index contributed by atoms with van der Waals surface area (Å²) >= 11 is 8.67. The minimum atomic E-state index is -3.91. The first-order valence-corrected chi connectivity index (χ1v) is 13.5. The summed E-state index contributed by atoms with van der Waals surface area (Å²) in [5.74, 6) is -1.59. The number of carbonyl (C=O) groups is 2. The lowest BCUT2D eigenvalue weighted by atomic mass is 9.97. The third-order valence-corrected chi connectivity index (χ3v) is 10.8. The summed E-state index contributed by atoms with van der Waals surface area (Å²) in [5.41, 5.74) is 1.67. The Hall–Kier alpha value is -2.38. The van der Waals surface area contributed by atoms with Gasteiger partial charge in [-0.3, -0.25) is 19.8 Å². The minimum Gasteiger partial charge on any atom is -0.336 e. The summed E-state index contributed by atoms with van der Waals surface area (Å²) < 4.78 is 26.2. The zero-order valence-corrected chi connectivity index (χ0v) is 20.3. The highest BCUT2D eigenvalue weighted by Gasteiger charge is 2.50. The average Bonchev–Trinajstić information content (AvgIpc) is 3.44. The molecule has 3 aromatic heterocycles. The second-order valence-corrected chi connectivity index (χ2v) is 12.6. The summed E-state index contributed by atoms with van der Waals surface area (Å²) in [6.45, 7) is 0.0460. The highest BCUT2D eigenvalue weighted by Crippen LogP contribution is 2.46. The second-order valence-electron chi connectivity index (χ2n) is 7.43. The van der Waals surface area contributed by atoms with Crippen molar-refractivity contribution >= 4 is 55.9 Å². The van der Waals surface area contributed by atoms with E-state index in [1.54, 1.807) is 23.7 Å². The van der Waals surface area contributed by atoms with Gasteiger partial charge >= 0.3 is 0 Å². The number of aromatic nitrogens is 2. The number of hydrogen-bond acceptors (Lipinski definition) is 9. The van der Waals surface area contributed by atoms with E-state index in [1.807, 2.05) is 6.07 Å². The van der Waals surface area contributed by atoms with E-state index in [4.69, 9.17) is 16.8 Å². The molecule has 0 aliphatic carbocycles. The van der Waals surface area contributed by atoms with Crippen molar-refractivity contribution in [3.05, 3.63) is 57.8 Å². The maximum absolute atomic E-state index is 13.6. The van der Waals surface area contributed by atoms with Crippen LogP contribution < -0.4 is 5.48 Å². The van der Waals surface area contributed by atoms with Crippen molar-refractivity contribution in [3.63, 3.8) is 0 Å². The lowest BCUT2D eigenvalue weighted by molar-refractivity contribution is -0.129. The second kappa shape index (κ2) is 9.47. The van der Waals surface area contributed by atoms with Crippen molar-refractivity contribution in [1.82, 2.24) is 20.3 Å². The Bertz CT molecular complexity index is 1280. The maximum atomic E-state index is 13.6. The van der Waals surface area contributed by atoms with Gasteiger partial charge in [-0.1, -0.05) is 11.6 Å². The Morgan fingerprint density at radius 1 is 1.15 bits per heavy atom. The molecular weight excluding hydrogens is 508 g/mol. The zero-order chi connectivity index (χ0) is 23.6. The van der Waals surface area contributed by atoms with Crippen molar-refractivity contribution in [2.24, 2.45) is 0 Å². The lowest BCUT2D eigenvalue weighted by Gasteiger charge is -2.30. The largest absolute Gasteiger partial charge is 0.336 e. The molecule has 2 N–H and O–H groups in total. The van der Waals surface area contributed by atoms with Gasteiger partial charge in [-0.2, -0.15) is 0 Å². The van der Waals surface area contributed by atoms with Crippen molar-refractivity contribution < 1.29 is 23.2 Å². The van der Waals surface area contributed by atoms with Gasteiger partial charge in [0, 0.05) is 40.1 Å². The molecule has 0 aromatic carbocycles. The van der Waals surface area contributed by atoms with E-state index in [2.05, 4.69) is 9.97 Å². The maximum Gasteiger partial charge on any atom is 0.274 e. The molecule has 0 spiro atoms. The molecule has 174 valence electrons. The van der Waals surface area contributed by atoms with Crippen LogP contribution in [0.4, 0.5) is 0 Å². The van der Waals surface area contributed by atoms with Crippen LogP contribution in [0, 0.1) is 0 Å². The highest BCUT2D eigenvalue weighted by molar-refractivity contribution is 7.92. The zero-order valence-electron chi connectivity index (χ0n) is 17.1. The predicted octanol–water partition coefficient (Wildman–Crippen LogP) is 2.97. The van der Waals surface area contributed by atoms with Crippen LogP contribution in [-0.2, 0) is 19.4 Å². The average molecular weight is 527 g/mol. The van der Waals surface area contributed by atoms with Crippen LogP contribution in [-0.4, -0.2) is 59.1 Å². The fraction of sp³-hybridized carbons (Fsp3) is 0.300. The van der Waals surface area contributed by atoms with Crippen molar-refractivity contribution in [2.45, 2.75) is 17.6 Å². The number of nitrogens with one attached hydrogen (secondary N) is 1. The number of rotatable bonds is 5. The third-order valence-electron chi connectivity index (χ3n) is 5.52. The van der Waals surface area contributed by atoms with Gasteiger partial charge in [0.1, 0.15) is 10.4 Å². The van der Waals surface area contributed by atoms with Gasteiger partial charge in [-0.05, 0) is 30.7 Å². The van der Waals surface area contributed by atoms with Crippen LogP contribution in [0.1, 0.15) is 28.2 Å². The van der Waals surface area contributed by atoms with Crippen LogP contribution in [0.3, 0.4) is 0 Å². The normalized spacial score (nSPS) is 20.2. The first kappa shape index (κ1) is 23.8. The number of sulfone groups is 1. The molecule has 1 unspecified atom stereocenters. The third kappa shape index (κ3) is 4.66. The fourth-order valence-electron chi connectivity index (χ4n) is 3.81. The van der Waals surface area contributed by atoms with Crippen LogP contribution in [0.25, 0.3) is 9.75 Å². The van der Waals surface area contributed by atoms with Gasteiger partial charge in [-0.15, -0.1) is 22.7 Å². The monoisotopic (exact) mass is 526 g/mol. The first-order valence-electron chi connectivity index (χ1n) is 9.82. The number of halogens is 1. The van der Waals surface area contributed by atoms with Crippen molar-refractivity contribution in [3.8, 4) is 9.75 Å². The summed E-state index contributed by atoms with van der Waals surface area (Å²) in [6, 6.07) is 7.09. The number of thiophene rings is 2. The van der Waals surface area contributed by atoms with E-state index in [1.165, 1.54) is 46.2 Å². The minimum absolute atomic E-state index is 0.0140. The smallest absolute Gasteiger partial charge is 0.274 e. The van der Waals surface area contributed by atoms with E-state index in [-0.39, 0.29) is 31.0 Å².